The monoisotopic (exact) mass is 649 g/mol. The number of aliphatic hydroxyl groups excluding tert-OH is 1. The lowest BCUT2D eigenvalue weighted by atomic mass is 9.62. The molecule has 3 unspecified atom stereocenters. The summed E-state index contributed by atoms with van der Waals surface area (Å²) >= 11 is 6.59. The van der Waals surface area contributed by atoms with E-state index < -0.39 is 41.0 Å². The lowest BCUT2D eigenvalue weighted by Crippen LogP contribution is -2.59. The van der Waals surface area contributed by atoms with Gasteiger partial charge in [-0.1, -0.05) is 49.7 Å². The lowest BCUT2D eigenvalue weighted by molar-refractivity contribution is -0.149. The molecule has 0 saturated carbocycles. The first kappa shape index (κ1) is 33.7. The summed E-state index contributed by atoms with van der Waals surface area (Å²) in [5.74, 6) is -2.35. The maximum Gasteiger partial charge on any atom is 0.253 e. The zero-order valence-corrected chi connectivity index (χ0v) is 27.8. The molecule has 7 atom stereocenters. The number of carbonyl (C=O) groups is 3. The summed E-state index contributed by atoms with van der Waals surface area (Å²) in [6, 6.07) is 12.5. The van der Waals surface area contributed by atoms with Crippen LogP contribution >= 0.6 is 11.6 Å². The van der Waals surface area contributed by atoms with E-state index in [1.165, 1.54) is 9.80 Å². The van der Waals surface area contributed by atoms with Crippen molar-refractivity contribution in [1.29, 1.82) is 0 Å². The summed E-state index contributed by atoms with van der Waals surface area (Å²) < 4.78 is 12.6. The van der Waals surface area contributed by atoms with Crippen LogP contribution in [0.25, 0.3) is 0 Å². The highest BCUT2D eigenvalue weighted by molar-refractivity contribution is 6.34. The van der Waals surface area contributed by atoms with E-state index in [0.29, 0.717) is 41.6 Å². The molecule has 3 fully saturated rings. The molecule has 3 heterocycles. The van der Waals surface area contributed by atoms with Crippen LogP contribution in [0.3, 0.4) is 0 Å². The van der Waals surface area contributed by atoms with E-state index in [4.69, 9.17) is 21.1 Å². The Morgan fingerprint density at radius 3 is 2.35 bits per heavy atom. The van der Waals surface area contributed by atoms with Crippen molar-refractivity contribution in [2.75, 3.05) is 36.1 Å². The zero-order valence-electron chi connectivity index (χ0n) is 27.0. The fourth-order valence-electron chi connectivity index (χ4n) is 7.90. The molecule has 0 aromatic heterocycles. The number of ether oxygens (including phenoxy) is 2. The molecule has 1 spiro atoms. The Kier molecular flexibility index (Phi) is 9.68. The van der Waals surface area contributed by atoms with Crippen LogP contribution in [-0.2, 0) is 19.1 Å². The van der Waals surface area contributed by atoms with Gasteiger partial charge in [-0.25, -0.2) is 0 Å². The van der Waals surface area contributed by atoms with Gasteiger partial charge < -0.3 is 29.3 Å². The number of carbonyl (C=O) groups excluding carboxylic acids is 3. The van der Waals surface area contributed by atoms with Crippen molar-refractivity contribution < 1.29 is 29.0 Å². The van der Waals surface area contributed by atoms with Crippen LogP contribution in [0.2, 0.25) is 5.02 Å². The number of hydrogen-bond donors (Lipinski definition) is 1. The topological polar surface area (TPSA) is 99.6 Å². The van der Waals surface area contributed by atoms with Crippen LogP contribution in [0.1, 0.15) is 40.5 Å². The maximum absolute atomic E-state index is 14.9. The van der Waals surface area contributed by atoms with Crippen molar-refractivity contribution in [2.45, 2.75) is 63.8 Å². The van der Waals surface area contributed by atoms with Gasteiger partial charge in [0.25, 0.3) is 5.91 Å². The molecule has 10 heteroatoms. The quantitative estimate of drug-likeness (QED) is 0.297. The lowest BCUT2D eigenvalue weighted by Gasteiger charge is -2.39. The van der Waals surface area contributed by atoms with Gasteiger partial charge in [0.15, 0.2) is 0 Å². The third kappa shape index (κ3) is 5.22. The van der Waals surface area contributed by atoms with Gasteiger partial charge in [0, 0.05) is 18.8 Å². The fourth-order valence-corrected chi connectivity index (χ4v) is 8.14. The van der Waals surface area contributed by atoms with Gasteiger partial charge >= 0.3 is 0 Å². The van der Waals surface area contributed by atoms with E-state index >= 15 is 0 Å². The first-order valence-electron chi connectivity index (χ1n) is 16.0. The summed E-state index contributed by atoms with van der Waals surface area (Å²) in [6.07, 6.45) is 4.05. The number of hydrogen-bond acceptors (Lipinski definition) is 6. The highest BCUT2D eigenvalue weighted by Gasteiger charge is 2.80. The maximum atomic E-state index is 14.9. The molecule has 2 bridgehead atoms. The summed E-state index contributed by atoms with van der Waals surface area (Å²) in [5, 5.41) is 10.9. The van der Waals surface area contributed by atoms with Gasteiger partial charge in [0.2, 0.25) is 11.8 Å². The van der Waals surface area contributed by atoms with Crippen molar-refractivity contribution in [1.82, 2.24) is 4.90 Å². The highest BCUT2D eigenvalue weighted by atomic mass is 35.5. The van der Waals surface area contributed by atoms with Crippen LogP contribution < -0.4 is 14.5 Å². The average Bonchev–Trinajstić information content (AvgIpc) is 3.56. The molecule has 3 aliphatic rings. The minimum Gasteiger partial charge on any atom is -0.494 e. The average molecular weight is 650 g/mol. The van der Waals surface area contributed by atoms with Crippen molar-refractivity contribution in [3.8, 4) is 5.75 Å². The molecule has 0 aliphatic carbocycles. The third-order valence-corrected chi connectivity index (χ3v) is 10.4. The Balaban J connectivity index is 1.63. The molecule has 3 saturated heterocycles. The predicted octanol–water partition coefficient (Wildman–Crippen LogP) is 5.26. The summed E-state index contributed by atoms with van der Waals surface area (Å²) in [4.78, 5) is 49.0. The van der Waals surface area contributed by atoms with Crippen molar-refractivity contribution >= 4 is 40.7 Å². The number of aliphatic hydroxyl groups is 1. The molecule has 2 aromatic rings. The highest BCUT2D eigenvalue weighted by Crippen LogP contribution is 2.66. The van der Waals surface area contributed by atoms with Crippen molar-refractivity contribution in [2.24, 2.45) is 17.8 Å². The van der Waals surface area contributed by atoms with Gasteiger partial charge in [0.1, 0.15) is 17.4 Å². The third-order valence-electron chi connectivity index (χ3n) is 10.1. The number of benzene rings is 2. The van der Waals surface area contributed by atoms with Crippen LogP contribution in [0.4, 0.5) is 11.4 Å². The Labute approximate surface area is 276 Å². The van der Waals surface area contributed by atoms with E-state index in [1.54, 1.807) is 53.5 Å². The molecular weight excluding hydrogens is 606 g/mol. The Morgan fingerprint density at radius 2 is 1.76 bits per heavy atom. The van der Waals surface area contributed by atoms with Gasteiger partial charge in [0.05, 0.1) is 47.4 Å². The number of fused-ring (bicyclic) bond motifs is 1. The molecule has 9 nitrogen and oxygen atoms in total. The van der Waals surface area contributed by atoms with E-state index in [-0.39, 0.29) is 37.4 Å². The molecule has 1 N–H and O–H groups in total. The first-order chi connectivity index (χ1) is 22.0. The second-order valence-electron chi connectivity index (χ2n) is 12.5. The first-order valence-corrected chi connectivity index (χ1v) is 16.4. The normalized spacial score (nSPS) is 28.5. The molecule has 2 aromatic carbocycles. The SMILES string of the molecule is C=CCN(C(=O)[C@@H]1[C@H]2C(=O)N([C@@H](CC)CO)C(C(=O)N(CC=C)c3ccccc3Cl)C23CC(C)[C@@]1(C)O3)c1ccc(OCC)cc1. The number of anilines is 2. The van der Waals surface area contributed by atoms with Gasteiger partial charge in [-0.3, -0.25) is 14.4 Å². The van der Waals surface area contributed by atoms with Gasteiger partial charge in [-0.15, -0.1) is 13.2 Å². The number of halogens is 1. The van der Waals surface area contributed by atoms with Crippen LogP contribution in [0.15, 0.2) is 73.8 Å². The van der Waals surface area contributed by atoms with E-state index in [0.717, 1.165) is 0 Å². The molecule has 3 amide bonds. The predicted molar refractivity (Wildman–Crippen MR) is 179 cm³/mol. The number of amides is 3. The van der Waals surface area contributed by atoms with Gasteiger partial charge in [-0.2, -0.15) is 0 Å². The standard InChI is InChI=1S/C36H44ClN3O6/c1-7-19-38(25-15-17-26(18-16-25)45-10-4)32(42)29-30-33(43)40(24(9-3)22-41)31(36(30)21-23(5)35(29,6)46-36)34(44)39(20-8-2)28-14-12-11-13-27(28)37/h7-8,11-18,23-24,29-31,41H,1-2,9-10,19-22H2,3-6H3/t23?,24-,29-,30-,31?,35+,36?/m0/s1. The van der Waals surface area contributed by atoms with Crippen LogP contribution in [0.5, 0.6) is 5.75 Å². The Hall–Kier alpha value is -3.66. The second-order valence-corrected chi connectivity index (χ2v) is 13.0. The number of nitrogens with zero attached hydrogens (tertiary/aromatic N) is 3. The Morgan fingerprint density at radius 1 is 1.11 bits per heavy atom. The molecule has 246 valence electrons. The largest absolute Gasteiger partial charge is 0.494 e. The Bertz CT molecular complexity index is 1490. The summed E-state index contributed by atoms with van der Waals surface area (Å²) in [6.45, 7) is 15.9. The number of rotatable bonds is 13. The molecule has 3 aliphatic heterocycles. The number of likely N-dealkylation sites (tertiary alicyclic amines) is 1. The van der Waals surface area contributed by atoms with Crippen molar-refractivity contribution in [3.63, 3.8) is 0 Å². The van der Waals surface area contributed by atoms with E-state index in [2.05, 4.69) is 13.2 Å². The fraction of sp³-hybridized carbons (Fsp3) is 0.472. The molecular formula is C36H44ClN3O6. The van der Waals surface area contributed by atoms with Crippen LogP contribution in [0, 0.1) is 17.8 Å². The zero-order chi connectivity index (χ0) is 33.4. The summed E-state index contributed by atoms with van der Waals surface area (Å²) in [5.41, 5.74) is -1.22. The van der Waals surface area contributed by atoms with Crippen molar-refractivity contribution in [3.05, 3.63) is 78.9 Å². The summed E-state index contributed by atoms with van der Waals surface area (Å²) in [7, 11) is 0. The molecule has 46 heavy (non-hydrogen) atoms. The van der Waals surface area contributed by atoms with Gasteiger partial charge in [-0.05, 0) is 69.0 Å². The minimum absolute atomic E-state index is 0.137. The number of para-hydroxylation sites is 1. The second kappa shape index (κ2) is 13.2. The molecule has 5 rings (SSSR count). The van der Waals surface area contributed by atoms with E-state index in [1.807, 2.05) is 39.8 Å². The smallest absolute Gasteiger partial charge is 0.253 e. The molecule has 0 radical (unpaired) electrons. The van der Waals surface area contributed by atoms with Crippen LogP contribution in [-0.4, -0.2) is 77.3 Å². The minimum atomic E-state index is -1.30. The van der Waals surface area contributed by atoms with E-state index in [9.17, 15) is 19.5 Å².